The van der Waals surface area contributed by atoms with E-state index in [0.29, 0.717) is 15.7 Å². The van der Waals surface area contributed by atoms with E-state index in [0.717, 1.165) is 0 Å². The zero-order chi connectivity index (χ0) is 13.8. The number of benzene rings is 1. The third kappa shape index (κ3) is 3.14. The van der Waals surface area contributed by atoms with E-state index in [-0.39, 0.29) is 5.56 Å². The number of rotatable bonds is 3. The van der Waals surface area contributed by atoms with Crippen LogP contribution in [-0.2, 0) is 0 Å². The number of carboxylic acid groups (broad SMARTS) is 1. The molecule has 7 heteroatoms. The number of nitrogens with one attached hydrogen (secondary N) is 1. The second-order valence-corrected chi connectivity index (χ2v) is 4.44. The first-order valence-electron chi connectivity index (χ1n) is 5.17. The van der Waals surface area contributed by atoms with E-state index in [1.165, 1.54) is 24.8 Å². The molecule has 96 valence electrons. The van der Waals surface area contributed by atoms with Crippen molar-refractivity contribution < 1.29 is 14.7 Å². The first-order chi connectivity index (χ1) is 9.08. The predicted molar refractivity (Wildman–Crippen MR) is 71.1 cm³/mol. The fourth-order valence-corrected chi connectivity index (χ4v) is 1.80. The van der Waals surface area contributed by atoms with Crippen molar-refractivity contribution in [1.82, 2.24) is 9.97 Å². The predicted octanol–water partition coefficient (Wildman–Crippen LogP) is 2.19. The molecule has 6 nitrogen and oxygen atoms in total. The molecule has 1 aromatic heterocycles. The molecule has 0 aliphatic heterocycles. The number of hydrogen-bond donors (Lipinski definition) is 2. The van der Waals surface area contributed by atoms with Crippen molar-refractivity contribution in [3.63, 3.8) is 0 Å². The van der Waals surface area contributed by atoms with Crippen molar-refractivity contribution in [3.05, 3.63) is 52.5 Å². The molecule has 2 aromatic rings. The van der Waals surface area contributed by atoms with Gasteiger partial charge in [-0.25, -0.2) is 14.8 Å². The van der Waals surface area contributed by atoms with Gasteiger partial charge in [-0.2, -0.15) is 0 Å². The van der Waals surface area contributed by atoms with E-state index in [4.69, 9.17) is 5.11 Å². The minimum atomic E-state index is -1.08. The summed E-state index contributed by atoms with van der Waals surface area (Å²) in [6.07, 6.45) is 4.07. The highest BCUT2D eigenvalue weighted by Gasteiger charge is 2.11. The van der Waals surface area contributed by atoms with Crippen molar-refractivity contribution in [2.45, 2.75) is 0 Å². The Kier molecular flexibility index (Phi) is 3.86. The molecule has 1 amide bonds. The number of amides is 1. The molecule has 0 fully saturated rings. The minimum Gasteiger partial charge on any atom is -0.478 e. The topological polar surface area (TPSA) is 92.2 Å². The van der Waals surface area contributed by atoms with E-state index in [1.807, 2.05) is 0 Å². The number of carbonyl (C=O) groups excluding carboxylic acids is 1. The zero-order valence-electron chi connectivity index (χ0n) is 9.50. The van der Waals surface area contributed by atoms with Gasteiger partial charge in [0.2, 0.25) is 0 Å². The number of nitrogens with zero attached hydrogens (tertiary/aromatic N) is 2. The molecule has 2 N–H and O–H groups in total. The Labute approximate surface area is 116 Å². The van der Waals surface area contributed by atoms with Gasteiger partial charge in [0.1, 0.15) is 6.33 Å². The average molecular weight is 322 g/mol. The normalized spacial score (nSPS) is 9.95. The van der Waals surface area contributed by atoms with E-state index >= 15 is 0 Å². The minimum absolute atomic E-state index is 0.0714. The number of anilines is 1. The third-order valence-corrected chi connectivity index (χ3v) is 2.97. The lowest BCUT2D eigenvalue weighted by Crippen LogP contribution is -2.13. The van der Waals surface area contributed by atoms with Crippen LogP contribution in [0.1, 0.15) is 20.7 Å². The van der Waals surface area contributed by atoms with Crippen LogP contribution in [0.4, 0.5) is 5.69 Å². The fourth-order valence-electron chi connectivity index (χ4n) is 1.39. The average Bonchev–Trinajstić information content (AvgIpc) is 2.41. The molecule has 0 spiro atoms. The monoisotopic (exact) mass is 321 g/mol. The highest BCUT2D eigenvalue weighted by molar-refractivity contribution is 9.10. The molecular weight excluding hydrogens is 314 g/mol. The molecule has 0 saturated heterocycles. The number of carboxylic acids is 1. The van der Waals surface area contributed by atoms with Gasteiger partial charge in [-0.15, -0.1) is 0 Å². The second kappa shape index (κ2) is 5.57. The summed E-state index contributed by atoms with van der Waals surface area (Å²) in [5.74, 6) is -1.48. The van der Waals surface area contributed by atoms with Crippen molar-refractivity contribution in [2.75, 3.05) is 5.32 Å². The Morgan fingerprint density at radius 2 is 1.89 bits per heavy atom. The van der Waals surface area contributed by atoms with Gasteiger partial charge >= 0.3 is 5.97 Å². The van der Waals surface area contributed by atoms with E-state index in [9.17, 15) is 9.59 Å². The zero-order valence-corrected chi connectivity index (χ0v) is 11.1. The summed E-state index contributed by atoms with van der Waals surface area (Å²) in [4.78, 5) is 30.3. The summed E-state index contributed by atoms with van der Waals surface area (Å²) in [5.41, 5.74) is 0.749. The number of hydrogen-bond acceptors (Lipinski definition) is 4. The van der Waals surface area contributed by atoms with E-state index in [2.05, 4.69) is 31.2 Å². The molecule has 0 bridgehead atoms. The standard InChI is InChI=1S/C12H8BrN3O3/c13-10-2-1-8(3-9(10)12(18)19)16-11(17)7-4-14-6-15-5-7/h1-6H,(H,16,17)(H,18,19). The van der Waals surface area contributed by atoms with Gasteiger partial charge in [0.25, 0.3) is 5.91 Å². The van der Waals surface area contributed by atoms with Crippen LogP contribution < -0.4 is 5.32 Å². The number of aromatic carboxylic acids is 1. The second-order valence-electron chi connectivity index (χ2n) is 3.58. The van der Waals surface area contributed by atoms with Crippen molar-refractivity contribution in [1.29, 1.82) is 0 Å². The van der Waals surface area contributed by atoms with E-state index < -0.39 is 11.9 Å². The maximum atomic E-state index is 11.8. The van der Waals surface area contributed by atoms with Crippen LogP contribution in [0.15, 0.2) is 41.4 Å². The summed E-state index contributed by atoms with van der Waals surface area (Å²) < 4.78 is 0.445. The largest absolute Gasteiger partial charge is 0.478 e. The lowest BCUT2D eigenvalue weighted by Gasteiger charge is -2.06. The molecule has 1 aromatic carbocycles. The van der Waals surface area contributed by atoms with Gasteiger partial charge in [0.05, 0.1) is 11.1 Å². The number of carbonyl (C=O) groups is 2. The van der Waals surface area contributed by atoms with Gasteiger partial charge < -0.3 is 10.4 Å². The van der Waals surface area contributed by atoms with Gasteiger partial charge in [0.15, 0.2) is 0 Å². The van der Waals surface area contributed by atoms with Gasteiger partial charge in [0, 0.05) is 22.6 Å². The summed E-state index contributed by atoms with van der Waals surface area (Å²) in [6.45, 7) is 0. The number of aromatic nitrogens is 2. The molecule has 19 heavy (non-hydrogen) atoms. The maximum Gasteiger partial charge on any atom is 0.336 e. The third-order valence-electron chi connectivity index (χ3n) is 2.28. The van der Waals surface area contributed by atoms with E-state index in [1.54, 1.807) is 12.1 Å². The van der Waals surface area contributed by atoms with Crippen LogP contribution in [0, 0.1) is 0 Å². The lowest BCUT2D eigenvalue weighted by molar-refractivity contribution is 0.0695. The quantitative estimate of drug-likeness (QED) is 0.904. The fraction of sp³-hybridized carbons (Fsp3) is 0. The van der Waals surface area contributed by atoms with Crippen molar-refractivity contribution in [3.8, 4) is 0 Å². The van der Waals surface area contributed by atoms with Crippen LogP contribution in [0.3, 0.4) is 0 Å². The first kappa shape index (κ1) is 13.2. The Morgan fingerprint density at radius 3 is 2.53 bits per heavy atom. The van der Waals surface area contributed by atoms with Crippen LogP contribution in [0.5, 0.6) is 0 Å². The molecule has 2 rings (SSSR count). The number of halogens is 1. The molecular formula is C12H8BrN3O3. The van der Waals surface area contributed by atoms with Gasteiger partial charge in [-0.05, 0) is 34.1 Å². The summed E-state index contributed by atoms with van der Waals surface area (Å²) >= 11 is 3.13. The Morgan fingerprint density at radius 1 is 1.21 bits per heavy atom. The lowest BCUT2D eigenvalue weighted by atomic mass is 10.2. The summed E-state index contributed by atoms with van der Waals surface area (Å²) in [6, 6.07) is 4.52. The first-order valence-corrected chi connectivity index (χ1v) is 5.96. The summed E-state index contributed by atoms with van der Waals surface area (Å²) in [7, 11) is 0. The SMILES string of the molecule is O=C(Nc1ccc(Br)c(C(=O)O)c1)c1cncnc1. The molecule has 1 heterocycles. The molecule has 0 unspecified atom stereocenters. The van der Waals surface area contributed by atoms with Crippen LogP contribution in [0.2, 0.25) is 0 Å². The maximum absolute atomic E-state index is 11.8. The Bertz CT molecular complexity index is 631. The smallest absolute Gasteiger partial charge is 0.336 e. The molecule has 0 atom stereocenters. The van der Waals surface area contributed by atoms with Gasteiger partial charge in [-0.3, -0.25) is 4.79 Å². The highest BCUT2D eigenvalue weighted by atomic mass is 79.9. The Hall–Kier alpha value is -2.28. The van der Waals surface area contributed by atoms with Crippen molar-refractivity contribution >= 4 is 33.5 Å². The molecule has 0 radical (unpaired) electrons. The van der Waals surface area contributed by atoms with Gasteiger partial charge in [-0.1, -0.05) is 0 Å². The van der Waals surface area contributed by atoms with Crippen LogP contribution in [-0.4, -0.2) is 27.0 Å². The highest BCUT2D eigenvalue weighted by Crippen LogP contribution is 2.21. The van der Waals surface area contributed by atoms with Crippen LogP contribution >= 0.6 is 15.9 Å². The Balaban J connectivity index is 2.23. The molecule has 0 saturated carbocycles. The molecule has 0 aliphatic carbocycles. The van der Waals surface area contributed by atoms with Crippen LogP contribution in [0.25, 0.3) is 0 Å². The molecule has 0 aliphatic rings. The summed E-state index contributed by atoms with van der Waals surface area (Å²) in [5, 5.41) is 11.6. The van der Waals surface area contributed by atoms with Crippen molar-refractivity contribution in [2.24, 2.45) is 0 Å².